The van der Waals surface area contributed by atoms with Gasteiger partial charge in [-0.1, -0.05) is 38.1 Å². The normalized spacial score (nSPS) is 11.6. The summed E-state index contributed by atoms with van der Waals surface area (Å²) in [5, 5.41) is 12.4. The number of methoxy groups -OCH3 is 1. The van der Waals surface area contributed by atoms with Crippen molar-refractivity contribution >= 4 is 28.7 Å². The number of benzene rings is 2. The SMILES string of the molecule is COc1ccccc1Oc1c(OCCO)cc(C(=O)NCCc2ccccn2)cc1N(c1ccc(C(C)C)cn1)S(=O)[O-]. The van der Waals surface area contributed by atoms with Crippen LogP contribution in [0.15, 0.2) is 79.1 Å². The fraction of sp³-hybridized carbons (Fsp3) is 0.258. The van der Waals surface area contributed by atoms with Crippen LogP contribution in [-0.4, -0.2) is 56.6 Å². The molecule has 43 heavy (non-hydrogen) atoms. The zero-order chi connectivity index (χ0) is 30.8. The lowest BCUT2D eigenvalue weighted by Gasteiger charge is -2.29. The second-order valence-corrected chi connectivity index (χ2v) is 10.4. The highest BCUT2D eigenvalue weighted by molar-refractivity contribution is 7.81. The summed E-state index contributed by atoms with van der Waals surface area (Å²) in [4.78, 5) is 22.0. The van der Waals surface area contributed by atoms with E-state index in [9.17, 15) is 18.7 Å². The third kappa shape index (κ3) is 8.07. The summed E-state index contributed by atoms with van der Waals surface area (Å²) in [5.41, 5.74) is 1.79. The number of anilines is 2. The van der Waals surface area contributed by atoms with Crippen molar-refractivity contribution in [2.45, 2.75) is 26.2 Å². The van der Waals surface area contributed by atoms with Crippen LogP contribution in [0.2, 0.25) is 0 Å². The lowest BCUT2D eigenvalue weighted by molar-refractivity contribution is 0.0953. The van der Waals surface area contributed by atoms with Gasteiger partial charge in [-0.3, -0.25) is 18.3 Å². The molecule has 2 aromatic carbocycles. The topological polar surface area (TPSA) is 146 Å². The number of carbonyl (C=O) groups is 1. The van der Waals surface area contributed by atoms with Crippen molar-refractivity contribution in [3.8, 4) is 23.0 Å². The molecule has 0 radical (unpaired) electrons. The molecule has 0 aliphatic carbocycles. The second kappa shape index (κ2) is 15.1. The number of amides is 1. The van der Waals surface area contributed by atoms with Gasteiger partial charge in [-0.15, -0.1) is 0 Å². The van der Waals surface area contributed by atoms with Gasteiger partial charge < -0.3 is 29.2 Å². The van der Waals surface area contributed by atoms with Crippen LogP contribution in [0.3, 0.4) is 0 Å². The van der Waals surface area contributed by atoms with Crippen LogP contribution in [0, 0.1) is 0 Å². The largest absolute Gasteiger partial charge is 0.755 e. The molecule has 2 heterocycles. The summed E-state index contributed by atoms with van der Waals surface area (Å²) >= 11 is -2.90. The third-order valence-corrected chi connectivity index (χ3v) is 7.02. The predicted molar refractivity (Wildman–Crippen MR) is 162 cm³/mol. The zero-order valence-electron chi connectivity index (χ0n) is 24.1. The number of aromatic nitrogens is 2. The van der Waals surface area contributed by atoms with E-state index in [2.05, 4.69) is 15.3 Å². The molecule has 4 aromatic rings. The molecule has 0 spiro atoms. The van der Waals surface area contributed by atoms with Crippen LogP contribution in [0.25, 0.3) is 0 Å². The van der Waals surface area contributed by atoms with Crippen molar-refractivity contribution in [1.82, 2.24) is 15.3 Å². The molecule has 0 saturated heterocycles. The number of pyridine rings is 2. The third-order valence-electron chi connectivity index (χ3n) is 6.33. The van der Waals surface area contributed by atoms with Crippen LogP contribution >= 0.6 is 0 Å². The first-order chi connectivity index (χ1) is 20.8. The Morgan fingerprint density at radius 3 is 2.44 bits per heavy atom. The molecular formula is C31H33N4O7S-. The molecule has 0 saturated carbocycles. The summed E-state index contributed by atoms with van der Waals surface area (Å²) in [5.74, 6) is 0.426. The van der Waals surface area contributed by atoms with Crippen LogP contribution in [0.1, 0.15) is 41.4 Å². The van der Waals surface area contributed by atoms with Crippen molar-refractivity contribution in [2.24, 2.45) is 0 Å². The first-order valence-electron chi connectivity index (χ1n) is 13.6. The Hall–Kier alpha value is -4.52. The Bertz CT molecular complexity index is 1540. The van der Waals surface area contributed by atoms with E-state index in [1.165, 1.54) is 19.2 Å². The van der Waals surface area contributed by atoms with Gasteiger partial charge in [-0.05, 0) is 53.9 Å². The fourth-order valence-electron chi connectivity index (χ4n) is 4.14. The number of hydrogen-bond donors (Lipinski definition) is 2. The van der Waals surface area contributed by atoms with Crippen LogP contribution < -0.4 is 23.8 Å². The van der Waals surface area contributed by atoms with Gasteiger partial charge in [0.25, 0.3) is 5.91 Å². The Kier molecular flexibility index (Phi) is 11.0. The molecule has 11 nitrogen and oxygen atoms in total. The molecule has 2 N–H and O–H groups in total. The van der Waals surface area contributed by atoms with E-state index in [4.69, 9.17) is 14.2 Å². The maximum atomic E-state index is 13.3. The molecule has 1 amide bonds. The molecule has 0 fully saturated rings. The molecule has 0 aliphatic rings. The van der Waals surface area contributed by atoms with Gasteiger partial charge in [0.15, 0.2) is 23.0 Å². The van der Waals surface area contributed by atoms with Gasteiger partial charge in [0.05, 0.1) is 25.0 Å². The summed E-state index contributed by atoms with van der Waals surface area (Å²) in [6.45, 7) is 3.81. The maximum absolute atomic E-state index is 13.3. The summed E-state index contributed by atoms with van der Waals surface area (Å²) in [7, 11) is 1.48. The van der Waals surface area contributed by atoms with Gasteiger partial charge in [-0.25, -0.2) is 4.98 Å². The van der Waals surface area contributed by atoms with Crippen molar-refractivity contribution in [2.75, 3.05) is 31.2 Å². The van der Waals surface area contributed by atoms with Crippen LogP contribution in [-0.2, 0) is 17.7 Å². The predicted octanol–water partition coefficient (Wildman–Crippen LogP) is 4.68. The maximum Gasteiger partial charge on any atom is 0.251 e. The Morgan fingerprint density at radius 2 is 1.81 bits per heavy atom. The minimum absolute atomic E-state index is 0.0260. The number of ether oxygens (including phenoxy) is 3. The highest BCUT2D eigenvalue weighted by atomic mass is 32.2. The zero-order valence-corrected chi connectivity index (χ0v) is 24.9. The Morgan fingerprint density at radius 1 is 1.05 bits per heavy atom. The van der Waals surface area contributed by atoms with E-state index in [-0.39, 0.29) is 60.0 Å². The van der Waals surface area contributed by atoms with Gasteiger partial charge >= 0.3 is 0 Å². The minimum atomic E-state index is -2.90. The monoisotopic (exact) mass is 605 g/mol. The fourth-order valence-corrected chi connectivity index (χ4v) is 4.70. The lowest BCUT2D eigenvalue weighted by atomic mass is 10.1. The molecule has 12 heteroatoms. The van der Waals surface area contributed by atoms with E-state index >= 15 is 0 Å². The van der Waals surface area contributed by atoms with Crippen LogP contribution in [0.4, 0.5) is 11.5 Å². The molecule has 0 aliphatic heterocycles. The van der Waals surface area contributed by atoms with Crippen molar-refractivity contribution in [3.05, 3.63) is 95.9 Å². The van der Waals surface area contributed by atoms with E-state index in [1.807, 2.05) is 32.0 Å². The molecule has 2 aromatic heterocycles. The smallest absolute Gasteiger partial charge is 0.251 e. The number of para-hydroxylation sites is 2. The number of nitrogens with zero attached hydrogens (tertiary/aromatic N) is 3. The van der Waals surface area contributed by atoms with Gasteiger partial charge in [0, 0.05) is 36.6 Å². The number of aliphatic hydroxyl groups is 1. The quantitative estimate of drug-likeness (QED) is 0.196. The molecule has 226 valence electrons. The first-order valence-corrected chi connectivity index (χ1v) is 14.6. The molecule has 4 rings (SSSR count). The van der Waals surface area contributed by atoms with E-state index in [0.29, 0.717) is 12.2 Å². The first kappa shape index (κ1) is 31.4. The second-order valence-electron chi connectivity index (χ2n) is 9.59. The van der Waals surface area contributed by atoms with Crippen molar-refractivity contribution in [3.63, 3.8) is 0 Å². The minimum Gasteiger partial charge on any atom is -0.755 e. The van der Waals surface area contributed by atoms with Gasteiger partial charge in [0.2, 0.25) is 0 Å². The van der Waals surface area contributed by atoms with Crippen molar-refractivity contribution in [1.29, 1.82) is 0 Å². The average molecular weight is 606 g/mol. The summed E-state index contributed by atoms with van der Waals surface area (Å²) < 4.78 is 44.0. The standard InChI is InChI=1S/C31H34N4O7S/c1-21(2)22-11-12-29(34-20-22)35(43(38)39)25-18-23(31(37)33-15-13-24-8-6-7-14-32-24)19-28(41-17-16-36)30(25)42-27-10-5-4-9-26(27)40-3/h4-12,14,18-21,36H,13,15-17H2,1-3H3,(H,33,37)(H,38,39)/p-1. The molecule has 0 bridgehead atoms. The highest BCUT2D eigenvalue weighted by Crippen LogP contribution is 2.46. The number of carbonyl (C=O) groups excluding carboxylic acids is 1. The average Bonchev–Trinajstić information content (AvgIpc) is 3.01. The van der Waals surface area contributed by atoms with Gasteiger partial charge in [-0.2, -0.15) is 0 Å². The van der Waals surface area contributed by atoms with E-state index in [1.54, 1.807) is 48.8 Å². The van der Waals surface area contributed by atoms with Gasteiger partial charge in [0.1, 0.15) is 18.1 Å². The summed E-state index contributed by atoms with van der Waals surface area (Å²) in [6.07, 6.45) is 3.76. The summed E-state index contributed by atoms with van der Waals surface area (Å²) in [6, 6.07) is 18.5. The molecule has 1 atom stereocenters. The van der Waals surface area contributed by atoms with E-state index < -0.39 is 17.2 Å². The number of aliphatic hydroxyl groups excluding tert-OH is 1. The number of nitrogens with one attached hydrogen (secondary N) is 1. The van der Waals surface area contributed by atoms with E-state index in [0.717, 1.165) is 15.6 Å². The Balaban J connectivity index is 1.82. The highest BCUT2D eigenvalue weighted by Gasteiger charge is 2.26. The molecular weight excluding hydrogens is 572 g/mol. The lowest BCUT2D eigenvalue weighted by Crippen LogP contribution is -2.27. The Labute approximate surface area is 252 Å². The number of rotatable bonds is 14. The van der Waals surface area contributed by atoms with Crippen molar-refractivity contribution < 1.29 is 32.9 Å². The molecule has 1 unspecified atom stereocenters. The number of hydrogen-bond acceptors (Lipinski definition) is 9. The van der Waals surface area contributed by atoms with Crippen LogP contribution in [0.5, 0.6) is 23.0 Å².